The first-order chi connectivity index (χ1) is 12.1. The molecule has 0 bridgehead atoms. The zero-order chi connectivity index (χ0) is 19.9. The minimum Gasteiger partial charge on any atom is -0.370 e. The van der Waals surface area contributed by atoms with E-state index in [1.807, 2.05) is 0 Å². The van der Waals surface area contributed by atoms with E-state index in [-0.39, 0.29) is 36.8 Å². The normalized spacial score (nSPS) is 20.4. The molecule has 10 N–H and O–H groups in total. The number of amides is 4. The Kier molecular flexibility index (Phi) is 7.31. The van der Waals surface area contributed by atoms with E-state index in [1.165, 1.54) is 11.9 Å². The molecule has 1 aliphatic rings. The summed E-state index contributed by atoms with van der Waals surface area (Å²) in [5.74, 6) is -0.805. The summed E-state index contributed by atoms with van der Waals surface area (Å²) < 4.78 is 0. The Morgan fingerprint density at radius 2 is 2.08 bits per heavy atom. The van der Waals surface area contributed by atoms with Gasteiger partial charge in [0.2, 0.25) is 11.9 Å². The number of hydrogen-bond donors (Lipinski definition) is 6. The van der Waals surface area contributed by atoms with Gasteiger partial charge in [-0.05, 0) is 19.8 Å². The molecule has 0 spiro atoms. The van der Waals surface area contributed by atoms with Gasteiger partial charge >= 0.3 is 6.03 Å². The number of guanidine groups is 2. The van der Waals surface area contributed by atoms with Gasteiger partial charge in [-0.25, -0.2) is 9.79 Å². The maximum absolute atomic E-state index is 12.5. The molecular weight excluding hydrogens is 342 g/mol. The Bertz CT molecular complexity index is 615. The highest BCUT2D eigenvalue weighted by Crippen LogP contribution is 2.19. The van der Waals surface area contributed by atoms with Gasteiger partial charge in [0.15, 0.2) is 5.96 Å². The van der Waals surface area contributed by atoms with E-state index >= 15 is 0 Å². The first-order valence-electron chi connectivity index (χ1n) is 8.06. The SMILES string of the molecule is CN(C(=O)C[C@@H](N)CCCN=C(N)N)[C@@]1(C)CN=C(NC(N)=O)NC1=O. The van der Waals surface area contributed by atoms with Gasteiger partial charge in [-0.15, -0.1) is 0 Å². The minimum atomic E-state index is -1.20. The van der Waals surface area contributed by atoms with Crippen LogP contribution in [-0.2, 0) is 9.59 Å². The minimum absolute atomic E-state index is 0.0105. The molecule has 0 aromatic rings. The summed E-state index contributed by atoms with van der Waals surface area (Å²) in [6, 6.07) is -1.23. The lowest BCUT2D eigenvalue weighted by molar-refractivity contribution is -0.144. The molecule has 12 heteroatoms. The maximum Gasteiger partial charge on any atom is 0.318 e. The molecule has 0 aromatic heterocycles. The lowest BCUT2D eigenvalue weighted by atomic mass is 9.96. The van der Waals surface area contributed by atoms with Crippen molar-refractivity contribution in [1.82, 2.24) is 15.5 Å². The molecule has 1 heterocycles. The standard InChI is InChI=1S/C14H27N9O3/c1-14(7-20-13(21-10(14)25)22-12(18)26)23(2)9(24)6-8(15)4-3-5-19-11(16)17/h8H,3-7,15H2,1-2H3,(H4,16,17,19)(H4,18,20,21,22,25,26)/t8-,14-/m0/s1. The van der Waals surface area contributed by atoms with E-state index in [0.29, 0.717) is 19.4 Å². The van der Waals surface area contributed by atoms with Gasteiger partial charge in [-0.3, -0.25) is 25.2 Å². The van der Waals surface area contributed by atoms with E-state index in [0.717, 1.165) is 0 Å². The summed E-state index contributed by atoms with van der Waals surface area (Å²) in [5, 5.41) is 4.61. The number of hydrogen-bond acceptors (Lipinski definition) is 6. The number of nitrogens with one attached hydrogen (secondary N) is 2. The van der Waals surface area contributed by atoms with Crippen molar-refractivity contribution in [1.29, 1.82) is 0 Å². The van der Waals surface area contributed by atoms with Crippen LogP contribution < -0.4 is 33.6 Å². The molecule has 2 atom stereocenters. The molecule has 1 rings (SSSR count). The lowest BCUT2D eigenvalue weighted by Crippen LogP contribution is -2.65. The second-order valence-corrected chi connectivity index (χ2v) is 6.25. The van der Waals surface area contributed by atoms with Crippen LogP contribution in [0.2, 0.25) is 0 Å². The van der Waals surface area contributed by atoms with Gasteiger partial charge in [-0.2, -0.15) is 0 Å². The van der Waals surface area contributed by atoms with Crippen molar-refractivity contribution >= 4 is 29.8 Å². The number of likely N-dealkylation sites (N-methyl/N-ethyl adjacent to an activating group) is 1. The fraction of sp³-hybridized carbons (Fsp3) is 0.643. The van der Waals surface area contributed by atoms with Gasteiger partial charge in [0.25, 0.3) is 5.91 Å². The highest BCUT2D eigenvalue weighted by Gasteiger charge is 2.43. The summed E-state index contributed by atoms with van der Waals surface area (Å²) in [4.78, 5) is 44.9. The number of urea groups is 1. The molecule has 0 saturated carbocycles. The van der Waals surface area contributed by atoms with Crippen molar-refractivity contribution in [3.8, 4) is 0 Å². The van der Waals surface area contributed by atoms with Gasteiger partial charge in [0, 0.05) is 26.1 Å². The Hall–Kier alpha value is -2.89. The quantitative estimate of drug-likeness (QED) is 0.158. The van der Waals surface area contributed by atoms with Crippen LogP contribution in [0.3, 0.4) is 0 Å². The van der Waals surface area contributed by atoms with Gasteiger partial charge in [0.1, 0.15) is 5.54 Å². The largest absolute Gasteiger partial charge is 0.370 e. The molecule has 0 fully saturated rings. The third kappa shape index (κ3) is 5.88. The third-order valence-corrected chi connectivity index (χ3v) is 4.09. The van der Waals surface area contributed by atoms with Crippen LogP contribution in [0, 0.1) is 0 Å². The highest BCUT2D eigenvalue weighted by molar-refractivity contribution is 6.08. The molecule has 4 amide bonds. The molecule has 146 valence electrons. The van der Waals surface area contributed by atoms with E-state index in [4.69, 9.17) is 22.9 Å². The van der Waals surface area contributed by atoms with Crippen LogP contribution in [0.5, 0.6) is 0 Å². The van der Waals surface area contributed by atoms with Crippen molar-refractivity contribution in [3.63, 3.8) is 0 Å². The van der Waals surface area contributed by atoms with E-state index < -0.39 is 17.5 Å². The van der Waals surface area contributed by atoms with Crippen LogP contribution in [0.15, 0.2) is 9.98 Å². The molecular formula is C14H27N9O3. The van der Waals surface area contributed by atoms with Crippen LogP contribution in [0.4, 0.5) is 4.79 Å². The maximum atomic E-state index is 12.5. The van der Waals surface area contributed by atoms with Gasteiger partial charge < -0.3 is 27.8 Å². The molecule has 0 aromatic carbocycles. The van der Waals surface area contributed by atoms with Crippen LogP contribution in [-0.4, -0.2) is 66.4 Å². The Morgan fingerprint density at radius 3 is 2.62 bits per heavy atom. The number of aliphatic imine (C=N–C) groups is 2. The number of nitrogens with zero attached hydrogens (tertiary/aromatic N) is 3. The van der Waals surface area contributed by atoms with Crippen LogP contribution in [0.25, 0.3) is 0 Å². The van der Waals surface area contributed by atoms with E-state index in [9.17, 15) is 14.4 Å². The Morgan fingerprint density at radius 1 is 1.42 bits per heavy atom. The average molecular weight is 369 g/mol. The first kappa shape index (κ1) is 21.2. The Labute approximate surface area is 151 Å². The van der Waals surface area contributed by atoms with Gasteiger partial charge in [0.05, 0.1) is 6.54 Å². The molecule has 0 unspecified atom stereocenters. The van der Waals surface area contributed by atoms with Crippen molar-refractivity contribution in [3.05, 3.63) is 0 Å². The summed E-state index contributed by atoms with van der Waals surface area (Å²) in [6.45, 7) is 2.00. The van der Waals surface area contributed by atoms with Crippen molar-refractivity contribution < 1.29 is 14.4 Å². The average Bonchev–Trinajstić information content (AvgIpc) is 2.53. The second kappa shape index (κ2) is 8.99. The third-order valence-electron chi connectivity index (χ3n) is 4.09. The molecule has 0 aliphatic carbocycles. The summed E-state index contributed by atoms with van der Waals surface area (Å²) in [5.41, 5.74) is 20.2. The van der Waals surface area contributed by atoms with Gasteiger partial charge in [-0.1, -0.05) is 0 Å². The molecule has 0 radical (unpaired) electrons. The fourth-order valence-electron chi connectivity index (χ4n) is 2.33. The zero-order valence-electron chi connectivity index (χ0n) is 15.0. The lowest BCUT2D eigenvalue weighted by Gasteiger charge is -2.39. The second-order valence-electron chi connectivity index (χ2n) is 6.25. The molecule has 0 saturated heterocycles. The number of carbonyl (C=O) groups is 3. The molecule has 12 nitrogen and oxygen atoms in total. The van der Waals surface area contributed by atoms with E-state index in [1.54, 1.807) is 6.92 Å². The van der Waals surface area contributed by atoms with Crippen LogP contribution >= 0.6 is 0 Å². The zero-order valence-corrected chi connectivity index (χ0v) is 15.0. The summed E-state index contributed by atoms with van der Waals surface area (Å²) in [7, 11) is 1.51. The molecule has 1 aliphatic heterocycles. The number of nitrogens with two attached hydrogens (primary N) is 4. The summed E-state index contributed by atoms with van der Waals surface area (Å²) >= 11 is 0. The predicted molar refractivity (Wildman–Crippen MR) is 96.8 cm³/mol. The highest BCUT2D eigenvalue weighted by atomic mass is 16.2. The van der Waals surface area contributed by atoms with Crippen molar-refractivity contribution in [2.45, 2.75) is 37.8 Å². The van der Waals surface area contributed by atoms with Crippen LogP contribution in [0.1, 0.15) is 26.2 Å². The predicted octanol–water partition coefficient (Wildman–Crippen LogP) is -2.87. The monoisotopic (exact) mass is 369 g/mol. The summed E-state index contributed by atoms with van der Waals surface area (Å²) in [6.07, 6.45) is 1.27. The first-order valence-corrected chi connectivity index (χ1v) is 8.06. The van der Waals surface area contributed by atoms with Crippen molar-refractivity contribution in [2.75, 3.05) is 20.1 Å². The molecule has 26 heavy (non-hydrogen) atoms. The smallest absolute Gasteiger partial charge is 0.318 e. The topological polar surface area (TPSA) is 207 Å². The number of rotatable bonds is 7. The van der Waals surface area contributed by atoms with Crippen molar-refractivity contribution in [2.24, 2.45) is 32.9 Å². The fourth-order valence-corrected chi connectivity index (χ4v) is 2.33. The number of primary amides is 1. The number of carbonyl (C=O) groups excluding carboxylic acids is 3. The Balaban J connectivity index is 2.61. The van der Waals surface area contributed by atoms with E-state index in [2.05, 4.69) is 20.6 Å².